The van der Waals surface area contributed by atoms with Crippen molar-refractivity contribution in [2.45, 2.75) is 58.6 Å². The highest BCUT2D eigenvalue weighted by Gasteiger charge is 2.23. The summed E-state index contributed by atoms with van der Waals surface area (Å²) in [4.78, 5) is 11.7. The maximum absolute atomic E-state index is 5.21. The Morgan fingerprint density at radius 3 is 2.90 bits per heavy atom. The van der Waals surface area contributed by atoms with Crippen LogP contribution in [0.15, 0.2) is 6.07 Å². The number of methoxy groups -OCH3 is 1. The molecule has 1 fully saturated rings. The normalized spacial score (nSPS) is 18.8. The highest BCUT2D eigenvalue weighted by Crippen LogP contribution is 2.27. The molecule has 1 atom stereocenters. The van der Waals surface area contributed by atoms with Crippen molar-refractivity contribution >= 4 is 11.6 Å². The van der Waals surface area contributed by atoms with Gasteiger partial charge in [0.2, 0.25) is 0 Å². The van der Waals surface area contributed by atoms with Crippen molar-refractivity contribution < 1.29 is 4.74 Å². The molecule has 2 heterocycles. The zero-order valence-electron chi connectivity index (χ0n) is 13.6. The maximum atomic E-state index is 5.21. The molecule has 21 heavy (non-hydrogen) atoms. The maximum Gasteiger partial charge on any atom is 0.158 e. The average Bonchev–Trinajstić information content (AvgIpc) is 2.49. The van der Waals surface area contributed by atoms with E-state index in [1.807, 2.05) is 0 Å². The van der Waals surface area contributed by atoms with E-state index < -0.39 is 0 Å². The van der Waals surface area contributed by atoms with E-state index >= 15 is 0 Å². The third kappa shape index (κ3) is 4.30. The van der Waals surface area contributed by atoms with Crippen molar-refractivity contribution in [3.8, 4) is 0 Å². The fourth-order valence-corrected chi connectivity index (χ4v) is 3.03. The van der Waals surface area contributed by atoms with Crippen LogP contribution in [0.4, 0.5) is 11.6 Å². The standard InChI is InChI=1S/C16H28N4O/c1-4-8-13-9-6-7-10-20(13)16-11-14(17-5-2)18-15(19-16)12-21-3/h11,13H,4-10,12H2,1-3H3,(H,17,18,19). The van der Waals surface area contributed by atoms with Crippen LogP contribution in [0, 0.1) is 0 Å². The van der Waals surface area contributed by atoms with Crippen molar-refractivity contribution in [2.24, 2.45) is 0 Å². The monoisotopic (exact) mass is 292 g/mol. The first-order valence-electron chi connectivity index (χ1n) is 8.15. The van der Waals surface area contributed by atoms with Crippen molar-refractivity contribution in [3.05, 3.63) is 11.9 Å². The van der Waals surface area contributed by atoms with Gasteiger partial charge in [-0.05, 0) is 32.6 Å². The Morgan fingerprint density at radius 1 is 1.33 bits per heavy atom. The van der Waals surface area contributed by atoms with Crippen LogP contribution in [0.5, 0.6) is 0 Å². The summed E-state index contributed by atoms with van der Waals surface area (Å²) in [6.45, 7) is 6.76. The zero-order valence-corrected chi connectivity index (χ0v) is 13.6. The number of rotatable bonds is 7. The summed E-state index contributed by atoms with van der Waals surface area (Å²) >= 11 is 0. The van der Waals surface area contributed by atoms with Crippen LogP contribution in [0.3, 0.4) is 0 Å². The van der Waals surface area contributed by atoms with Gasteiger partial charge in [0.1, 0.15) is 18.2 Å². The van der Waals surface area contributed by atoms with Crippen LogP contribution in [-0.2, 0) is 11.3 Å². The molecule has 5 heteroatoms. The van der Waals surface area contributed by atoms with Gasteiger partial charge >= 0.3 is 0 Å². The first-order chi connectivity index (χ1) is 10.3. The molecule has 1 saturated heterocycles. The quantitative estimate of drug-likeness (QED) is 0.836. The minimum atomic E-state index is 0.457. The molecular formula is C16H28N4O. The van der Waals surface area contributed by atoms with Gasteiger partial charge in [-0.1, -0.05) is 13.3 Å². The average molecular weight is 292 g/mol. The topological polar surface area (TPSA) is 50.3 Å². The molecule has 1 aromatic heterocycles. The Hall–Kier alpha value is -1.36. The Balaban J connectivity index is 2.26. The van der Waals surface area contributed by atoms with Gasteiger partial charge in [-0.3, -0.25) is 0 Å². The molecule has 5 nitrogen and oxygen atoms in total. The van der Waals surface area contributed by atoms with Gasteiger partial charge in [-0.25, -0.2) is 9.97 Å². The van der Waals surface area contributed by atoms with E-state index in [4.69, 9.17) is 9.72 Å². The molecule has 0 aromatic carbocycles. The van der Waals surface area contributed by atoms with Gasteiger partial charge in [0.15, 0.2) is 5.82 Å². The third-order valence-corrected chi connectivity index (χ3v) is 3.93. The van der Waals surface area contributed by atoms with E-state index in [1.165, 1.54) is 32.1 Å². The molecule has 0 amide bonds. The van der Waals surface area contributed by atoms with Crippen LogP contribution in [-0.4, -0.2) is 36.2 Å². The van der Waals surface area contributed by atoms with E-state index in [9.17, 15) is 0 Å². The molecule has 0 aliphatic carbocycles. The first-order valence-corrected chi connectivity index (χ1v) is 8.15. The van der Waals surface area contributed by atoms with E-state index in [2.05, 4.69) is 35.1 Å². The van der Waals surface area contributed by atoms with Gasteiger partial charge in [0, 0.05) is 32.3 Å². The Morgan fingerprint density at radius 2 is 2.19 bits per heavy atom. The molecule has 1 N–H and O–H groups in total. The Bertz CT molecular complexity index is 412. The summed E-state index contributed by atoms with van der Waals surface area (Å²) in [6, 6.07) is 2.69. The molecule has 1 aliphatic rings. The predicted octanol–water partition coefficient (Wildman–Crippen LogP) is 3.21. The lowest BCUT2D eigenvalue weighted by molar-refractivity contribution is 0.178. The molecule has 0 radical (unpaired) electrons. The Labute approximate surface area is 128 Å². The summed E-state index contributed by atoms with van der Waals surface area (Å²) in [7, 11) is 1.68. The van der Waals surface area contributed by atoms with Crippen molar-refractivity contribution in [1.82, 2.24) is 9.97 Å². The number of piperidine rings is 1. The number of anilines is 2. The molecule has 0 bridgehead atoms. The number of nitrogens with one attached hydrogen (secondary N) is 1. The van der Waals surface area contributed by atoms with Crippen molar-refractivity contribution in [3.63, 3.8) is 0 Å². The van der Waals surface area contributed by atoms with E-state index in [1.54, 1.807) is 7.11 Å². The predicted molar refractivity (Wildman–Crippen MR) is 86.8 cm³/mol. The summed E-state index contributed by atoms with van der Waals surface area (Å²) < 4.78 is 5.21. The SMILES string of the molecule is CCCC1CCCCN1c1cc(NCC)nc(COC)n1. The van der Waals surface area contributed by atoms with Crippen molar-refractivity contribution in [1.29, 1.82) is 0 Å². The second kappa shape index (κ2) is 8.17. The fraction of sp³-hybridized carbons (Fsp3) is 0.750. The zero-order chi connectivity index (χ0) is 15.1. The number of ether oxygens (including phenoxy) is 1. The van der Waals surface area contributed by atoms with E-state index in [0.29, 0.717) is 12.6 Å². The lowest BCUT2D eigenvalue weighted by atomic mass is 9.98. The van der Waals surface area contributed by atoms with E-state index in [-0.39, 0.29) is 0 Å². The largest absolute Gasteiger partial charge is 0.377 e. The minimum absolute atomic E-state index is 0.457. The van der Waals surface area contributed by atoms with Crippen LogP contribution >= 0.6 is 0 Å². The molecule has 1 aliphatic heterocycles. The van der Waals surface area contributed by atoms with Gasteiger partial charge in [-0.2, -0.15) is 0 Å². The molecule has 0 saturated carbocycles. The second-order valence-corrected chi connectivity index (χ2v) is 5.62. The molecular weight excluding hydrogens is 264 g/mol. The molecule has 1 unspecified atom stereocenters. The lowest BCUT2D eigenvalue weighted by Crippen LogP contribution is -2.40. The fourth-order valence-electron chi connectivity index (χ4n) is 3.03. The van der Waals surface area contributed by atoms with E-state index in [0.717, 1.165) is 30.5 Å². The number of nitrogens with zero attached hydrogens (tertiary/aromatic N) is 3. The van der Waals surface area contributed by atoms with Gasteiger partial charge < -0.3 is 15.0 Å². The molecule has 118 valence electrons. The lowest BCUT2D eigenvalue weighted by Gasteiger charge is -2.37. The summed E-state index contributed by atoms with van der Waals surface area (Å²) in [5.74, 6) is 2.70. The number of hydrogen-bond donors (Lipinski definition) is 1. The van der Waals surface area contributed by atoms with Gasteiger partial charge in [-0.15, -0.1) is 0 Å². The first kappa shape index (κ1) is 16.0. The summed E-state index contributed by atoms with van der Waals surface area (Å²) in [5.41, 5.74) is 0. The Kier molecular flexibility index (Phi) is 6.23. The number of aromatic nitrogens is 2. The summed E-state index contributed by atoms with van der Waals surface area (Å²) in [6.07, 6.45) is 6.31. The summed E-state index contributed by atoms with van der Waals surface area (Å²) in [5, 5.41) is 3.30. The molecule has 0 spiro atoms. The molecule has 1 aromatic rings. The van der Waals surface area contributed by atoms with Crippen LogP contribution < -0.4 is 10.2 Å². The minimum Gasteiger partial charge on any atom is -0.377 e. The highest BCUT2D eigenvalue weighted by atomic mass is 16.5. The second-order valence-electron chi connectivity index (χ2n) is 5.62. The van der Waals surface area contributed by atoms with Crippen LogP contribution in [0.25, 0.3) is 0 Å². The number of hydrogen-bond acceptors (Lipinski definition) is 5. The highest BCUT2D eigenvalue weighted by molar-refractivity contribution is 5.50. The van der Waals surface area contributed by atoms with Gasteiger partial charge in [0.05, 0.1) is 0 Å². The van der Waals surface area contributed by atoms with Crippen LogP contribution in [0.2, 0.25) is 0 Å². The van der Waals surface area contributed by atoms with Gasteiger partial charge in [0.25, 0.3) is 0 Å². The van der Waals surface area contributed by atoms with Crippen LogP contribution in [0.1, 0.15) is 51.8 Å². The third-order valence-electron chi connectivity index (χ3n) is 3.93. The van der Waals surface area contributed by atoms with Crippen molar-refractivity contribution in [2.75, 3.05) is 30.4 Å². The smallest absolute Gasteiger partial charge is 0.158 e. The molecule has 2 rings (SSSR count).